The predicted octanol–water partition coefficient (Wildman–Crippen LogP) is 3.24. The lowest BCUT2D eigenvalue weighted by Crippen LogP contribution is -2.31. The summed E-state index contributed by atoms with van der Waals surface area (Å²) in [4.78, 5) is 49.7. The Balaban J connectivity index is 1.48. The molecule has 1 heterocycles. The summed E-state index contributed by atoms with van der Waals surface area (Å²) in [5.74, 6) is -1.67. The van der Waals surface area contributed by atoms with E-state index in [1.54, 1.807) is 54.6 Å². The number of anilines is 1. The van der Waals surface area contributed by atoms with Gasteiger partial charge in [-0.1, -0.05) is 46.3 Å². The van der Waals surface area contributed by atoms with Crippen molar-refractivity contribution in [3.8, 4) is 0 Å². The summed E-state index contributed by atoms with van der Waals surface area (Å²) in [6.45, 7) is -0.366. The third-order valence-electron chi connectivity index (χ3n) is 4.05. The number of imide groups is 1. The number of ketones is 1. The Morgan fingerprint density at radius 1 is 1.07 bits per heavy atom. The lowest BCUT2D eigenvalue weighted by atomic mass is 10.1. The fourth-order valence-corrected chi connectivity index (χ4v) is 3.85. The molecule has 0 aromatic heterocycles. The fourth-order valence-electron chi connectivity index (χ4n) is 2.66. The minimum atomic E-state index is -0.637. The van der Waals surface area contributed by atoms with E-state index >= 15 is 0 Å². The number of carbonyl (C=O) groups is 4. The molecule has 1 atom stereocenters. The van der Waals surface area contributed by atoms with Crippen LogP contribution < -0.4 is 4.90 Å². The standard InChI is InChI=1S/C20H16BrNO5S/c21-14-8-6-13(7-9-14)16(23)11-27-19(25)12-28-17-10-18(24)22(20(17)26)15-4-2-1-3-5-15/h1-9,17H,10-12H2/t17-/m1/s1. The number of rotatable bonds is 7. The molecule has 1 saturated heterocycles. The largest absolute Gasteiger partial charge is 0.457 e. The van der Waals surface area contributed by atoms with Gasteiger partial charge in [0.05, 0.1) is 16.7 Å². The van der Waals surface area contributed by atoms with Gasteiger partial charge in [-0.3, -0.25) is 19.2 Å². The lowest BCUT2D eigenvalue weighted by Gasteiger charge is -2.14. The van der Waals surface area contributed by atoms with Gasteiger partial charge < -0.3 is 4.74 Å². The van der Waals surface area contributed by atoms with Crippen LogP contribution in [-0.2, 0) is 19.1 Å². The second-order valence-electron chi connectivity index (χ2n) is 6.00. The van der Waals surface area contributed by atoms with Gasteiger partial charge in [0.1, 0.15) is 0 Å². The predicted molar refractivity (Wildman–Crippen MR) is 109 cm³/mol. The minimum absolute atomic E-state index is 0.0312. The molecule has 2 aromatic carbocycles. The molecule has 0 saturated carbocycles. The maximum Gasteiger partial charge on any atom is 0.316 e. The van der Waals surface area contributed by atoms with E-state index in [4.69, 9.17) is 4.74 Å². The van der Waals surface area contributed by atoms with Crippen molar-refractivity contribution >= 4 is 56.9 Å². The van der Waals surface area contributed by atoms with Crippen molar-refractivity contribution in [2.24, 2.45) is 0 Å². The SMILES string of the molecule is O=C(CS[C@@H]1CC(=O)N(c2ccccc2)C1=O)OCC(=O)c1ccc(Br)cc1. The number of hydrogen-bond donors (Lipinski definition) is 0. The van der Waals surface area contributed by atoms with Crippen molar-refractivity contribution in [3.63, 3.8) is 0 Å². The van der Waals surface area contributed by atoms with E-state index in [0.717, 1.165) is 21.1 Å². The van der Waals surface area contributed by atoms with Crippen LogP contribution in [0.1, 0.15) is 16.8 Å². The number of benzene rings is 2. The van der Waals surface area contributed by atoms with Crippen molar-refractivity contribution in [1.82, 2.24) is 0 Å². The molecule has 1 fully saturated rings. The Kier molecular flexibility index (Phi) is 6.64. The first kappa shape index (κ1) is 20.3. The van der Waals surface area contributed by atoms with E-state index in [1.807, 2.05) is 0 Å². The number of ether oxygens (including phenoxy) is 1. The Morgan fingerprint density at radius 3 is 2.43 bits per heavy atom. The molecule has 0 N–H and O–H groups in total. The minimum Gasteiger partial charge on any atom is -0.457 e. The molecule has 0 radical (unpaired) electrons. The van der Waals surface area contributed by atoms with Gasteiger partial charge in [0.2, 0.25) is 11.8 Å². The third kappa shape index (κ3) is 4.88. The number of carbonyl (C=O) groups excluding carboxylic acids is 4. The van der Waals surface area contributed by atoms with Crippen LogP contribution in [0.5, 0.6) is 0 Å². The summed E-state index contributed by atoms with van der Waals surface area (Å²) in [6, 6.07) is 15.4. The summed E-state index contributed by atoms with van der Waals surface area (Å²) >= 11 is 4.33. The zero-order valence-corrected chi connectivity index (χ0v) is 17.1. The van der Waals surface area contributed by atoms with Crippen molar-refractivity contribution < 1.29 is 23.9 Å². The molecular weight excluding hydrogens is 446 g/mol. The molecule has 3 rings (SSSR count). The molecule has 0 unspecified atom stereocenters. The van der Waals surface area contributed by atoms with Gasteiger partial charge in [0.15, 0.2) is 12.4 Å². The van der Waals surface area contributed by atoms with Crippen LogP contribution in [0.4, 0.5) is 5.69 Å². The number of esters is 1. The molecule has 144 valence electrons. The molecule has 6 nitrogen and oxygen atoms in total. The van der Waals surface area contributed by atoms with Crippen molar-refractivity contribution in [1.29, 1.82) is 0 Å². The smallest absolute Gasteiger partial charge is 0.316 e. The maximum atomic E-state index is 12.5. The summed E-state index contributed by atoms with van der Waals surface area (Å²) < 4.78 is 5.84. The number of amides is 2. The van der Waals surface area contributed by atoms with E-state index in [0.29, 0.717) is 11.3 Å². The highest BCUT2D eigenvalue weighted by molar-refractivity contribution is 9.10. The first-order valence-corrected chi connectivity index (χ1v) is 10.3. The van der Waals surface area contributed by atoms with Gasteiger partial charge in [-0.2, -0.15) is 0 Å². The Morgan fingerprint density at radius 2 is 1.75 bits per heavy atom. The zero-order valence-electron chi connectivity index (χ0n) is 14.7. The monoisotopic (exact) mass is 461 g/mol. The molecule has 2 aromatic rings. The van der Waals surface area contributed by atoms with Gasteiger partial charge in [-0.05, 0) is 24.3 Å². The second kappa shape index (κ2) is 9.16. The molecule has 0 aliphatic carbocycles. The highest BCUT2D eigenvalue weighted by Crippen LogP contribution is 2.29. The Bertz CT molecular complexity index is 901. The number of para-hydroxylation sites is 1. The molecule has 0 spiro atoms. The van der Waals surface area contributed by atoms with E-state index in [9.17, 15) is 19.2 Å². The maximum absolute atomic E-state index is 12.5. The summed E-state index contributed by atoms with van der Waals surface area (Å²) in [5.41, 5.74) is 0.960. The second-order valence-corrected chi connectivity index (χ2v) is 8.10. The van der Waals surface area contributed by atoms with Crippen molar-refractivity contribution in [3.05, 3.63) is 64.6 Å². The van der Waals surface area contributed by atoms with Crippen LogP contribution in [0.2, 0.25) is 0 Å². The molecule has 8 heteroatoms. The highest BCUT2D eigenvalue weighted by Gasteiger charge is 2.40. The van der Waals surface area contributed by atoms with Crippen LogP contribution in [0, 0.1) is 0 Å². The molecule has 28 heavy (non-hydrogen) atoms. The third-order valence-corrected chi connectivity index (χ3v) is 5.75. The molecule has 1 aliphatic heterocycles. The Hall–Kier alpha value is -2.45. The lowest BCUT2D eigenvalue weighted by molar-refractivity contribution is -0.139. The number of hydrogen-bond acceptors (Lipinski definition) is 6. The number of thioether (sulfide) groups is 1. The normalized spacial score (nSPS) is 16.3. The molecule has 1 aliphatic rings. The van der Waals surface area contributed by atoms with E-state index in [-0.39, 0.29) is 36.4 Å². The van der Waals surface area contributed by atoms with Crippen LogP contribution in [0.25, 0.3) is 0 Å². The average Bonchev–Trinajstić information content (AvgIpc) is 2.99. The van der Waals surface area contributed by atoms with E-state index < -0.39 is 11.2 Å². The first-order chi connectivity index (χ1) is 13.5. The zero-order chi connectivity index (χ0) is 20.1. The topological polar surface area (TPSA) is 80.8 Å². The highest BCUT2D eigenvalue weighted by atomic mass is 79.9. The van der Waals surface area contributed by atoms with Gasteiger partial charge >= 0.3 is 5.97 Å². The van der Waals surface area contributed by atoms with Crippen molar-refractivity contribution in [2.75, 3.05) is 17.3 Å². The van der Waals surface area contributed by atoms with Crippen LogP contribution in [0.15, 0.2) is 59.1 Å². The molecule has 0 bridgehead atoms. The van der Waals surface area contributed by atoms with Gasteiger partial charge in [-0.15, -0.1) is 11.8 Å². The summed E-state index contributed by atoms with van der Waals surface area (Å²) in [6.07, 6.45) is 0.0312. The van der Waals surface area contributed by atoms with Crippen LogP contribution >= 0.6 is 27.7 Å². The fraction of sp³-hybridized carbons (Fsp3) is 0.200. The van der Waals surface area contributed by atoms with Gasteiger partial charge in [0.25, 0.3) is 0 Å². The van der Waals surface area contributed by atoms with E-state index in [1.165, 1.54) is 0 Å². The Labute approximate surface area is 174 Å². The first-order valence-electron chi connectivity index (χ1n) is 8.43. The van der Waals surface area contributed by atoms with Crippen molar-refractivity contribution in [2.45, 2.75) is 11.7 Å². The average molecular weight is 462 g/mol. The molecule has 2 amide bonds. The number of nitrogens with zero attached hydrogens (tertiary/aromatic N) is 1. The van der Waals surface area contributed by atoms with Crippen LogP contribution in [0.3, 0.4) is 0 Å². The number of Topliss-reactive ketones (excluding diaryl/α,β-unsaturated/α-hetero) is 1. The molecular formula is C20H16BrNO5S. The summed E-state index contributed by atoms with van der Waals surface area (Å²) in [5, 5.41) is -0.637. The van der Waals surface area contributed by atoms with Gasteiger partial charge in [0, 0.05) is 16.5 Å². The van der Waals surface area contributed by atoms with E-state index in [2.05, 4.69) is 15.9 Å². The quantitative estimate of drug-likeness (QED) is 0.357. The number of halogens is 1. The summed E-state index contributed by atoms with van der Waals surface area (Å²) in [7, 11) is 0. The van der Waals surface area contributed by atoms with Crippen LogP contribution in [-0.4, -0.2) is 41.2 Å². The van der Waals surface area contributed by atoms with Gasteiger partial charge in [-0.25, -0.2) is 4.90 Å².